The molecule has 6 heteroatoms. The van der Waals surface area contributed by atoms with Crippen LogP contribution in [0.2, 0.25) is 12.6 Å². The van der Waals surface area contributed by atoms with E-state index in [0.717, 1.165) is 35.4 Å². The monoisotopic (exact) mass is 363 g/mol. The Labute approximate surface area is 162 Å². The van der Waals surface area contributed by atoms with E-state index in [-0.39, 0.29) is 12.8 Å². The number of nitrogens with one attached hydrogen (secondary N) is 2. The smallest absolute Gasteiger partial charge is 0.269 e. The molecule has 0 amide bonds. The van der Waals surface area contributed by atoms with Gasteiger partial charge in [-0.1, -0.05) is 38.1 Å². The Kier molecular flexibility index (Phi) is 6.23. The molecule has 5 nitrogen and oxygen atoms in total. The minimum Gasteiger partial charge on any atom is -0.399 e. The SMILES string of the molecule is CCC1CC(N/C=C(\C=N)C(N)Cc2cc(C3CB(C#N)C3)ccc2N)C1. The summed E-state index contributed by atoms with van der Waals surface area (Å²) in [6.07, 6.45) is 9.38. The quantitative estimate of drug-likeness (QED) is 0.323. The highest BCUT2D eigenvalue weighted by Gasteiger charge is 2.34. The van der Waals surface area contributed by atoms with E-state index in [4.69, 9.17) is 22.1 Å². The van der Waals surface area contributed by atoms with Crippen molar-refractivity contribution in [1.29, 1.82) is 10.7 Å². The van der Waals surface area contributed by atoms with Gasteiger partial charge in [-0.15, -0.1) is 0 Å². The van der Waals surface area contributed by atoms with Gasteiger partial charge < -0.3 is 22.2 Å². The zero-order chi connectivity index (χ0) is 19.4. The fourth-order valence-corrected chi connectivity index (χ4v) is 4.08. The van der Waals surface area contributed by atoms with E-state index < -0.39 is 0 Å². The second kappa shape index (κ2) is 8.62. The van der Waals surface area contributed by atoms with Crippen LogP contribution in [0.5, 0.6) is 0 Å². The molecular weight excluding hydrogens is 333 g/mol. The van der Waals surface area contributed by atoms with E-state index in [1.807, 2.05) is 12.3 Å². The molecule has 0 bridgehead atoms. The van der Waals surface area contributed by atoms with Crippen molar-refractivity contribution in [1.82, 2.24) is 5.32 Å². The first kappa shape index (κ1) is 19.5. The van der Waals surface area contributed by atoms with E-state index in [1.54, 1.807) is 0 Å². The maximum atomic E-state index is 8.98. The van der Waals surface area contributed by atoms with E-state index in [1.165, 1.54) is 31.0 Å². The van der Waals surface area contributed by atoms with Crippen LogP contribution in [0.15, 0.2) is 30.0 Å². The fraction of sp³-hybridized carbons (Fsp3) is 0.524. The maximum absolute atomic E-state index is 8.98. The van der Waals surface area contributed by atoms with Crippen molar-refractivity contribution < 1.29 is 0 Å². The largest absolute Gasteiger partial charge is 0.399 e. The molecule has 1 saturated carbocycles. The topological polar surface area (TPSA) is 112 Å². The van der Waals surface area contributed by atoms with Crippen molar-refractivity contribution >= 4 is 18.6 Å². The highest BCUT2D eigenvalue weighted by Crippen LogP contribution is 2.38. The van der Waals surface area contributed by atoms with Gasteiger partial charge in [0.05, 0.1) is 0 Å². The third kappa shape index (κ3) is 4.54. The lowest BCUT2D eigenvalue weighted by molar-refractivity contribution is 0.233. The number of rotatable bonds is 8. The Balaban J connectivity index is 1.61. The van der Waals surface area contributed by atoms with Crippen LogP contribution in [0.25, 0.3) is 0 Å². The molecule has 142 valence electrons. The van der Waals surface area contributed by atoms with Crippen LogP contribution in [0.4, 0.5) is 5.69 Å². The number of nitriles is 1. The van der Waals surface area contributed by atoms with Crippen molar-refractivity contribution in [3.8, 4) is 5.97 Å². The second-order valence-corrected chi connectivity index (χ2v) is 8.16. The number of nitrogen functional groups attached to an aromatic ring is 1. The van der Waals surface area contributed by atoms with Crippen molar-refractivity contribution in [3.63, 3.8) is 0 Å². The molecule has 1 aliphatic carbocycles. The van der Waals surface area contributed by atoms with Gasteiger partial charge in [-0.05, 0) is 48.3 Å². The number of hydrogen-bond acceptors (Lipinski definition) is 5. The molecule has 1 unspecified atom stereocenters. The van der Waals surface area contributed by atoms with Crippen LogP contribution in [0.3, 0.4) is 0 Å². The molecule has 0 spiro atoms. The van der Waals surface area contributed by atoms with Crippen molar-refractivity contribution in [3.05, 3.63) is 41.1 Å². The number of nitrogens with two attached hydrogens (primary N) is 2. The van der Waals surface area contributed by atoms with Gasteiger partial charge in [-0.3, -0.25) is 0 Å². The summed E-state index contributed by atoms with van der Waals surface area (Å²) in [7, 11) is 0. The minimum atomic E-state index is -0.261. The van der Waals surface area contributed by atoms with Gasteiger partial charge in [0.15, 0.2) is 0 Å². The Morgan fingerprint density at radius 1 is 1.44 bits per heavy atom. The predicted octanol–water partition coefficient (Wildman–Crippen LogP) is 3.11. The van der Waals surface area contributed by atoms with Crippen LogP contribution < -0.4 is 16.8 Å². The average Bonchev–Trinajstić information content (AvgIpc) is 2.58. The Bertz CT molecular complexity index is 741. The van der Waals surface area contributed by atoms with Crippen molar-refractivity contribution in [2.75, 3.05) is 5.73 Å². The van der Waals surface area contributed by atoms with Crippen molar-refractivity contribution in [2.45, 2.75) is 63.2 Å². The zero-order valence-corrected chi connectivity index (χ0v) is 16.1. The summed E-state index contributed by atoms with van der Waals surface area (Å²) in [6.45, 7) is 2.42. The first-order valence-electron chi connectivity index (χ1n) is 10.0. The van der Waals surface area contributed by atoms with E-state index in [2.05, 4.69) is 30.3 Å². The van der Waals surface area contributed by atoms with Crippen molar-refractivity contribution in [2.24, 2.45) is 11.7 Å². The number of nitrogens with zero attached hydrogens (tertiary/aromatic N) is 1. The lowest BCUT2D eigenvalue weighted by Gasteiger charge is -2.35. The normalized spacial score (nSPS) is 23.7. The third-order valence-electron chi connectivity index (χ3n) is 6.29. The first-order valence-corrected chi connectivity index (χ1v) is 10.0. The molecule has 0 aromatic heterocycles. The van der Waals surface area contributed by atoms with Gasteiger partial charge in [-0.25, -0.2) is 5.26 Å². The Morgan fingerprint density at radius 2 is 2.19 bits per heavy atom. The van der Waals surface area contributed by atoms with Crippen LogP contribution in [-0.2, 0) is 6.42 Å². The van der Waals surface area contributed by atoms with Gasteiger partial charge in [-0.2, -0.15) is 0 Å². The lowest BCUT2D eigenvalue weighted by Crippen LogP contribution is -2.39. The number of anilines is 1. The molecule has 1 aromatic rings. The molecular formula is C21H30BN5. The maximum Gasteiger partial charge on any atom is 0.269 e. The molecule has 1 heterocycles. The summed E-state index contributed by atoms with van der Waals surface area (Å²) in [5.74, 6) is 3.63. The molecule has 1 aliphatic heterocycles. The van der Waals surface area contributed by atoms with Gasteiger partial charge in [0, 0.05) is 41.7 Å². The highest BCUT2D eigenvalue weighted by atomic mass is 14.9. The average molecular weight is 363 g/mol. The summed E-state index contributed by atoms with van der Waals surface area (Å²) in [6, 6.07) is 6.40. The molecule has 1 atom stereocenters. The van der Waals surface area contributed by atoms with Crippen LogP contribution in [-0.4, -0.2) is 25.0 Å². The molecule has 1 saturated heterocycles. The molecule has 0 radical (unpaired) electrons. The van der Waals surface area contributed by atoms with Gasteiger partial charge in [0.1, 0.15) is 0 Å². The van der Waals surface area contributed by atoms with Crippen LogP contribution >= 0.6 is 0 Å². The third-order valence-corrected chi connectivity index (χ3v) is 6.29. The standard InChI is InChI=1S/C21H30BN5/c1-2-14-5-19(6-14)27-12-18(11-23)21(26)8-16-7-15(3-4-20(16)25)17-9-22(10-17)13-24/h3-4,7,11-12,14,17,19,21,23,27H,2,5-6,8-10,25-26H2,1H3/b18-12+,23-11?. The molecule has 2 fully saturated rings. The highest BCUT2D eigenvalue weighted by molar-refractivity contribution is 6.70. The molecule has 27 heavy (non-hydrogen) atoms. The van der Waals surface area contributed by atoms with E-state index >= 15 is 0 Å². The Morgan fingerprint density at radius 3 is 2.81 bits per heavy atom. The minimum absolute atomic E-state index is 0.190. The molecule has 6 N–H and O–H groups in total. The summed E-state index contributed by atoms with van der Waals surface area (Å²) >= 11 is 0. The second-order valence-electron chi connectivity index (χ2n) is 8.16. The predicted molar refractivity (Wildman–Crippen MR) is 113 cm³/mol. The molecule has 1 aromatic carbocycles. The number of hydrogen-bond donors (Lipinski definition) is 4. The van der Waals surface area contributed by atoms with Crippen LogP contribution in [0, 0.1) is 22.6 Å². The molecule has 3 rings (SSSR count). The fourth-order valence-electron chi connectivity index (χ4n) is 4.08. The molecule has 2 aliphatic rings. The van der Waals surface area contributed by atoms with E-state index in [9.17, 15) is 0 Å². The lowest BCUT2D eigenvalue weighted by atomic mass is 9.32. The summed E-state index contributed by atoms with van der Waals surface area (Å²) in [4.78, 5) is 0. The van der Waals surface area contributed by atoms with Gasteiger partial charge in [0.25, 0.3) is 6.71 Å². The Hall–Kier alpha value is -2.26. The van der Waals surface area contributed by atoms with Crippen LogP contribution in [0.1, 0.15) is 43.2 Å². The zero-order valence-electron chi connectivity index (χ0n) is 16.1. The number of benzene rings is 1. The van der Waals surface area contributed by atoms with Gasteiger partial charge in [0.2, 0.25) is 0 Å². The first-order chi connectivity index (χ1) is 13.0. The summed E-state index contributed by atoms with van der Waals surface area (Å²) in [5, 5.41) is 20.1. The summed E-state index contributed by atoms with van der Waals surface area (Å²) < 4.78 is 0. The van der Waals surface area contributed by atoms with E-state index in [0.29, 0.717) is 18.4 Å². The van der Waals surface area contributed by atoms with Gasteiger partial charge >= 0.3 is 0 Å². The summed E-state index contributed by atoms with van der Waals surface area (Å²) in [5.41, 5.74) is 16.4.